The molecule has 0 bridgehead atoms. The highest BCUT2D eigenvalue weighted by Crippen LogP contribution is 2.27. The van der Waals surface area contributed by atoms with Crippen molar-refractivity contribution in [3.05, 3.63) is 63.6 Å². The summed E-state index contributed by atoms with van der Waals surface area (Å²) in [5.41, 5.74) is 0.999. The lowest BCUT2D eigenvalue weighted by Gasteiger charge is -2.13. The molecule has 0 amide bonds. The van der Waals surface area contributed by atoms with E-state index in [4.69, 9.17) is 27.9 Å². The summed E-state index contributed by atoms with van der Waals surface area (Å²) in [5.74, 6) is 0.429. The molecule has 0 fully saturated rings. The van der Waals surface area contributed by atoms with E-state index in [1.165, 1.54) is 0 Å². The first-order valence-electron chi connectivity index (χ1n) is 6.24. The lowest BCUT2D eigenvalue weighted by molar-refractivity contribution is 0.103. The van der Waals surface area contributed by atoms with E-state index < -0.39 is 0 Å². The number of rotatable bonds is 4. The lowest BCUT2D eigenvalue weighted by atomic mass is 10.0. The molecule has 0 atom stereocenters. The van der Waals surface area contributed by atoms with Crippen molar-refractivity contribution in [3.63, 3.8) is 0 Å². The second kappa shape index (κ2) is 6.29. The smallest absolute Gasteiger partial charge is 0.196 e. The predicted octanol–water partition coefficient (Wildman–Crippen LogP) is 5.01. The van der Waals surface area contributed by atoms with E-state index in [0.29, 0.717) is 26.9 Å². The molecule has 104 valence electrons. The Morgan fingerprint density at radius 1 is 1.05 bits per heavy atom. The highest BCUT2D eigenvalue weighted by molar-refractivity contribution is 6.42. The van der Waals surface area contributed by atoms with Gasteiger partial charge in [-0.25, -0.2) is 0 Å². The molecule has 2 rings (SSSR count). The van der Waals surface area contributed by atoms with E-state index in [1.807, 2.05) is 19.9 Å². The average molecular weight is 309 g/mol. The van der Waals surface area contributed by atoms with Crippen LogP contribution < -0.4 is 4.74 Å². The first kappa shape index (κ1) is 14.9. The minimum Gasteiger partial charge on any atom is -0.490 e. The maximum atomic E-state index is 12.5. The molecule has 2 aromatic carbocycles. The van der Waals surface area contributed by atoms with Gasteiger partial charge in [0.05, 0.1) is 21.7 Å². The molecule has 2 nitrogen and oxygen atoms in total. The summed E-state index contributed by atoms with van der Waals surface area (Å²) in [6, 6.07) is 12.0. The van der Waals surface area contributed by atoms with Crippen molar-refractivity contribution in [1.82, 2.24) is 0 Å². The summed E-state index contributed by atoms with van der Waals surface area (Å²) in [5, 5.41) is 0.787. The second-order valence-electron chi connectivity index (χ2n) is 4.62. The maximum absolute atomic E-state index is 12.5. The van der Waals surface area contributed by atoms with Gasteiger partial charge in [0.25, 0.3) is 0 Å². The van der Waals surface area contributed by atoms with Crippen LogP contribution in [0, 0.1) is 0 Å². The van der Waals surface area contributed by atoms with Crippen LogP contribution in [0.15, 0.2) is 42.5 Å². The number of benzene rings is 2. The molecule has 0 N–H and O–H groups in total. The minimum absolute atomic E-state index is 0.00208. The van der Waals surface area contributed by atoms with Crippen molar-refractivity contribution < 1.29 is 9.53 Å². The van der Waals surface area contributed by atoms with Crippen LogP contribution in [0.25, 0.3) is 0 Å². The van der Waals surface area contributed by atoms with Crippen molar-refractivity contribution in [1.29, 1.82) is 0 Å². The van der Waals surface area contributed by atoms with Gasteiger partial charge in [-0.3, -0.25) is 4.79 Å². The zero-order valence-corrected chi connectivity index (χ0v) is 12.7. The number of hydrogen-bond donors (Lipinski definition) is 0. The highest BCUT2D eigenvalue weighted by atomic mass is 35.5. The quantitative estimate of drug-likeness (QED) is 0.742. The fourth-order valence-electron chi connectivity index (χ4n) is 1.80. The largest absolute Gasteiger partial charge is 0.490 e. The highest BCUT2D eigenvalue weighted by Gasteiger charge is 2.16. The molecule has 4 heteroatoms. The van der Waals surface area contributed by atoms with Crippen molar-refractivity contribution in [3.8, 4) is 5.75 Å². The van der Waals surface area contributed by atoms with E-state index in [1.54, 1.807) is 36.4 Å². The number of ketones is 1. The Morgan fingerprint density at radius 2 is 1.75 bits per heavy atom. The fourth-order valence-corrected chi connectivity index (χ4v) is 2.10. The number of para-hydroxylation sites is 1. The third kappa shape index (κ3) is 3.33. The molecule has 2 aromatic rings. The molecule has 0 aliphatic heterocycles. The maximum Gasteiger partial charge on any atom is 0.196 e. The van der Waals surface area contributed by atoms with E-state index >= 15 is 0 Å². The number of halogens is 2. The Balaban J connectivity index is 2.40. The molecule has 0 aromatic heterocycles. The van der Waals surface area contributed by atoms with E-state index in [-0.39, 0.29) is 11.9 Å². The summed E-state index contributed by atoms with van der Waals surface area (Å²) < 4.78 is 5.66. The zero-order chi connectivity index (χ0) is 14.7. The van der Waals surface area contributed by atoms with Crippen molar-refractivity contribution >= 4 is 29.0 Å². The van der Waals surface area contributed by atoms with Crippen LogP contribution in [-0.4, -0.2) is 11.9 Å². The first-order valence-corrected chi connectivity index (χ1v) is 7.00. The van der Waals surface area contributed by atoms with Gasteiger partial charge in [-0.2, -0.15) is 0 Å². The monoisotopic (exact) mass is 308 g/mol. The molecule has 20 heavy (non-hydrogen) atoms. The molecule has 0 saturated heterocycles. The summed E-state index contributed by atoms with van der Waals surface area (Å²) in [7, 11) is 0. The number of ether oxygens (including phenoxy) is 1. The Bertz CT molecular complexity index is 636. The average Bonchev–Trinajstić information content (AvgIpc) is 2.41. The summed E-state index contributed by atoms with van der Waals surface area (Å²) >= 11 is 11.8. The topological polar surface area (TPSA) is 26.3 Å². The molecule has 0 saturated carbocycles. The summed E-state index contributed by atoms with van der Waals surface area (Å²) in [6.45, 7) is 3.83. The normalized spacial score (nSPS) is 10.7. The molecular formula is C16H14Cl2O2. The van der Waals surface area contributed by atoms with Crippen LogP contribution in [0.3, 0.4) is 0 Å². The second-order valence-corrected chi connectivity index (χ2v) is 5.44. The van der Waals surface area contributed by atoms with E-state index in [0.717, 1.165) is 0 Å². The van der Waals surface area contributed by atoms with Gasteiger partial charge < -0.3 is 4.74 Å². The van der Waals surface area contributed by atoms with Crippen LogP contribution in [0.1, 0.15) is 29.8 Å². The predicted molar refractivity (Wildman–Crippen MR) is 82.1 cm³/mol. The molecular weight excluding hydrogens is 295 g/mol. The van der Waals surface area contributed by atoms with Crippen molar-refractivity contribution in [2.24, 2.45) is 0 Å². The number of carbonyl (C=O) groups excluding carboxylic acids is 1. The minimum atomic E-state index is -0.139. The van der Waals surface area contributed by atoms with Crippen LogP contribution in [-0.2, 0) is 0 Å². The number of carbonyl (C=O) groups is 1. The fraction of sp³-hybridized carbons (Fsp3) is 0.188. The molecule has 0 heterocycles. The summed E-state index contributed by atoms with van der Waals surface area (Å²) in [4.78, 5) is 12.5. The van der Waals surface area contributed by atoms with Gasteiger partial charge >= 0.3 is 0 Å². The molecule has 0 radical (unpaired) electrons. The third-order valence-electron chi connectivity index (χ3n) is 2.68. The lowest BCUT2D eigenvalue weighted by Crippen LogP contribution is -2.10. The first-order chi connectivity index (χ1) is 9.49. The van der Waals surface area contributed by atoms with Gasteiger partial charge in [-0.15, -0.1) is 0 Å². The van der Waals surface area contributed by atoms with Gasteiger partial charge in [0.15, 0.2) is 5.78 Å². The summed E-state index contributed by atoms with van der Waals surface area (Å²) in [6.07, 6.45) is -0.00208. The van der Waals surface area contributed by atoms with Crippen molar-refractivity contribution in [2.45, 2.75) is 20.0 Å². The molecule has 0 spiro atoms. The zero-order valence-electron chi connectivity index (χ0n) is 11.2. The molecule has 0 unspecified atom stereocenters. The van der Waals surface area contributed by atoms with Crippen LogP contribution in [0.5, 0.6) is 5.75 Å². The van der Waals surface area contributed by atoms with Gasteiger partial charge in [-0.05, 0) is 44.2 Å². The third-order valence-corrected chi connectivity index (χ3v) is 3.42. The molecule has 0 aliphatic carbocycles. The van der Waals surface area contributed by atoms with Crippen LogP contribution in [0.4, 0.5) is 0 Å². The van der Waals surface area contributed by atoms with Crippen LogP contribution in [0.2, 0.25) is 10.0 Å². The van der Waals surface area contributed by atoms with Gasteiger partial charge in [-0.1, -0.05) is 35.3 Å². The SMILES string of the molecule is CC(C)Oc1ccccc1C(=O)c1ccc(Cl)c(Cl)c1. The Hall–Kier alpha value is -1.51. The number of hydrogen-bond acceptors (Lipinski definition) is 2. The van der Waals surface area contributed by atoms with Crippen molar-refractivity contribution in [2.75, 3.05) is 0 Å². The molecule has 0 aliphatic rings. The Morgan fingerprint density at radius 3 is 2.40 bits per heavy atom. The standard InChI is InChI=1S/C16H14Cl2O2/c1-10(2)20-15-6-4-3-5-12(15)16(19)11-7-8-13(17)14(18)9-11/h3-10H,1-2H3. The van der Waals surface area contributed by atoms with E-state index in [9.17, 15) is 4.79 Å². The van der Waals surface area contributed by atoms with Gasteiger partial charge in [0.1, 0.15) is 5.75 Å². The van der Waals surface area contributed by atoms with Gasteiger partial charge in [0.2, 0.25) is 0 Å². The Kier molecular flexibility index (Phi) is 4.69. The van der Waals surface area contributed by atoms with Crippen LogP contribution >= 0.6 is 23.2 Å². The van der Waals surface area contributed by atoms with Gasteiger partial charge in [0, 0.05) is 5.56 Å². The van der Waals surface area contributed by atoms with E-state index in [2.05, 4.69) is 0 Å². The Labute approximate surface area is 128 Å².